The van der Waals surface area contributed by atoms with Gasteiger partial charge in [-0.3, -0.25) is 10.7 Å². The van der Waals surface area contributed by atoms with Gasteiger partial charge in [0.05, 0.1) is 17.0 Å². The molecule has 1 aliphatic carbocycles. The molecule has 3 heterocycles. The van der Waals surface area contributed by atoms with Crippen LogP contribution < -0.4 is 27.0 Å². The lowest BCUT2D eigenvalue weighted by Crippen LogP contribution is -2.44. The van der Waals surface area contributed by atoms with Gasteiger partial charge in [-0.05, 0) is 75.7 Å². The Morgan fingerprint density at radius 3 is 2.63 bits per heavy atom. The predicted molar refractivity (Wildman–Crippen MR) is 186 cm³/mol. The van der Waals surface area contributed by atoms with Crippen LogP contribution in [-0.2, 0) is 4.74 Å². The highest BCUT2D eigenvalue weighted by Crippen LogP contribution is 2.33. The molecule has 2 amide bonds. The summed E-state index contributed by atoms with van der Waals surface area (Å²) in [6.07, 6.45) is 17.9. The van der Waals surface area contributed by atoms with Crippen molar-refractivity contribution in [2.24, 2.45) is 5.41 Å². The number of hydrogen-bond donors (Lipinski definition) is 7. The number of nitrogens with one attached hydrogen (secondary N) is 5. The van der Waals surface area contributed by atoms with E-state index >= 15 is 0 Å². The van der Waals surface area contributed by atoms with E-state index in [0.717, 1.165) is 74.8 Å². The number of ether oxygens (including phenoxy) is 1. The molecular weight excluding hydrogens is 578 g/mol. The maximum Gasteiger partial charge on any atom is 0.323 e. The summed E-state index contributed by atoms with van der Waals surface area (Å²) in [6.45, 7) is 6.60. The molecule has 10 heteroatoms. The smallest absolute Gasteiger partial charge is 0.323 e. The summed E-state index contributed by atoms with van der Waals surface area (Å²) in [5, 5.41) is 32.8. The van der Waals surface area contributed by atoms with E-state index in [-0.39, 0.29) is 35.1 Å². The highest BCUT2D eigenvalue weighted by molar-refractivity contribution is 6.17. The quantitative estimate of drug-likeness (QED) is 0.187. The monoisotopic (exact) mass is 627 g/mol. The number of anilines is 3. The third-order valence-electron chi connectivity index (χ3n) is 8.74. The van der Waals surface area contributed by atoms with Crippen molar-refractivity contribution in [2.45, 2.75) is 96.9 Å². The molecule has 5 rings (SSSR count). The molecule has 1 aromatic heterocycles. The number of aliphatic hydroxyl groups excluding tert-OH is 1. The number of benzene rings is 1. The Labute approximate surface area is 272 Å². The molecule has 0 saturated heterocycles. The molecule has 10 nitrogen and oxygen atoms in total. The van der Waals surface area contributed by atoms with Crippen molar-refractivity contribution in [3.63, 3.8) is 0 Å². The first-order valence-electron chi connectivity index (χ1n) is 16.5. The number of carbonyl (C=O) groups is 1. The van der Waals surface area contributed by atoms with E-state index in [2.05, 4.69) is 59.2 Å². The van der Waals surface area contributed by atoms with Crippen LogP contribution in [0, 0.1) is 10.8 Å². The largest absolute Gasteiger partial charge is 0.493 e. The fourth-order valence-corrected chi connectivity index (χ4v) is 6.24. The van der Waals surface area contributed by atoms with Crippen molar-refractivity contribution in [3.8, 4) is 0 Å². The van der Waals surface area contributed by atoms with E-state index in [1.165, 1.54) is 0 Å². The summed E-state index contributed by atoms with van der Waals surface area (Å²) in [5.41, 5.74) is 10.8. The van der Waals surface area contributed by atoms with Gasteiger partial charge in [0, 0.05) is 46.2 Å². The average Bonchev–Trinajstić information content (AvgIpc) is 3.01. The van der Waals surface area contributed by atoms with Crippen molar-refractivity contribution < 1.29 is 14.6 Å². The molecule has 246 valence electrons. The predicted octanol–water partition coefficient (Wildman–Crippen LogP) is 6.65. The molecule has 2 bridgehead atoms. The van der Waals surface area contributed by atoms with Crippen molar-refractivity contribution in [1.82, 2.24) is 15.6 Å². The number of urea groups is 1. The van der Waals surface area contributed by atoms with Crippen molar-refractivity contribution in [1.29, 1.82) is 5.41 Å². The van der Waals surface area contributed by atoms with Crippen molar-refractivity contribution >= 4 is 35.0 Å². The molecule has 1 aromatic carbocycles. The second-order valence-corrected chi connectivity index (χ2v) is 13.5. The number of fused-ring (bicyclic) bond motifs is 3. The number of nitrogens with zero attached hydrogens (tertiary/aromatic N) is 1. The number of allylic oxidation sites excluding steroid dienone is 3. The Kier molecular flexibility index (Phi) is 10.8. The van der Waals surface area contributed by atoms with Crippen LogP contribution in [0.2, 0.25) is 0 Å². The molecule has 1 saturated carbocycles. The molecule has 1 fully saturated rings. The molecule has 8 N–H and O–H groups in total. The van der Waals surface area contributed by atoms with E-state index in [4.69, 9.17) is 10.5 Å². The minimum Gasteiger partial charge on any atom is -0.493 e. The summed E-state index contributed by atoms with van der Waals surface area (Å²) in [4.78, 5) is 17.3. The molecule has 2 aliphatic heterocycles. The molecule has 0 spiro atoms. The van der Waals surface area contributed by atoms with Gasteiger partial charge in [0.25, 0.3) is 0 Å². The first-order chi connectivity index (χ1) is 22.1. The maximum atomic E-state index is 12.8. The fourth-order valence-electron chi connectivity index (χ4n) is 6.24. The van der Waals surface area contributed by atoms with Gasteiger partial charge in [-0.1, -0.05) is 51.5 Å². The number of aromatic nitrogens is 1. The molecular formula is C36H49N7O3. The summed E-state index contributed by atoms with van der Waals surface area (Å²) in [7, 11) is 0. The Morgan fingerprint density at radius 1 is 1.07 bits per heavy atom. The lowest BCUT2D eigenvalue weighted by molar-refractivity contribution is 0.101. The number of amides is 2. The highest BCUT2D eigenvalue weighted by atomic mass is 16.5. The fraction of sp³-hybridized carbons (Fsp3) is 0.472. The standard InChI is InChI=1S/C36H49N7O3/c1-36(2,3)29-21-28(18-19-46-29)43-35(45)42-25-16-14-23(15-17-25)32(37)31-33-24(22-39-34(31)38)10-7-5-4-6-8-13-30(44)40-26-11-9-12-27(20-26)41-33/h7,10,14-18,21-22,26-27,30,37,40-41,44H,4-6,8-9,11-13,19-20H2,1-3H3,(H2,38,39)(H2,42,43,45)/b10-7+,37-32?/t26-,27-,30?/m1/s1. The summed E-state index contributed by atoms with van der Waals surface area (Å²) >= 11 is 0. The first-order valence-corrected chi connectivity index (χ1v) is 16.5. The number of nitrogens with two attached hydrogens (primary N) is 1. The van der Waals surface area contributed by atoms with Crippen LogP contribution in [0.4, 0.5) is 22.0 Å². The minimum absolute atomic E-state index is 0.159. The Hall–Kier alpha value is -4.15. The SMILES string of the molecule is CC(C)(C)C1=CC(NC(=O)Nc2ccc(C(=N)c3c(N)ncc4c3N[C@@H]3CCC[C@H](C3)NC(O)CCCCC/C=C/4)cc2)=CCO1. The number of nitrogen functional groups attached to an aromatic ring is 1. The Morgan fingerprint density at radius 2 is 1.85 bits per heavy atom. The van der Waals surface area contributed by atoms with Gasteiger partial charge in [0.2, 0.25) is 0 Å². The second kappa shape index (κ2) is 15.0. The van der Waals surface area contributed by atoms with Crippen LogP contribution >= 0.6 is 0 Å². The number of hydrogen-bond acceptors (Lipinski definition) is 8. The van der Waals surface area contributed by atoms with Crippen LogP contribution in [0.1, 0.15) is 95.2 Å². The van der Waals surface area contributed by atoms with E-state index in [1.807, 2.05) is 24.3 Å². The van der Waals surface area contributed by atoms with Gasteiger partial charge in [-0.25, -0.2) is 9.78 Å². The molecule has 2 aromatic rings. The summed E-state index contributed by atoms with van der Waals surface area (Å²) < 4.78 is 5.72. The second-order valence-electron chi connectivity index (χ2n) is 13.5. The maximum absolute atomic E-state index is 12.8. The molecule has 46 heavy (non-hydrogen) atoms. The normalized spacial score (nSPS) is 23.1. The van der Waals surface area contributed by atoms with E-state index < -0.39 is 6.23 Å². The zero-order valence-corrected chi connectivity index (χ0v) is 27.3. The first kappa shape index (κ1) is 33.2. The van der Waals surface area contributed by atoms with Gasteiger partial charge in [-0.15, -0.1) is 0 Å². The summed E-state index contributed by atoms with van der Waals surface area (Å²) in [5.74, 6) is 1.11. The molecule has 3 atom stereocenters. The summed E-state index contributed by atoms with van der Waals surface area (Å²) in [6, 6.07) is 7.21. The van der Waals surface area contributed by atoms with Gasteiger partial charge in [-0.2, -0.15) is 0 Å². The molecule has 3 aliphatic rings. The minimum atomic E-state index is -0.485. The average molecular weight is 628 g/mol. The van der Waals surface area contributed by atoms with Crippen LogP contribution in [0.15, 0.2) is 60.1 Å². The van der Waals surface area contributed by atoms with Crippen molar-refractivity contribution in [2.75, 3.05) is 23.0 Å². The zero-order valence-electron chi connectivity index (χ0n) is 27.3. The number of pyridine rings is 1. The highest BCUT2D eigenvalue weighted by Gasteiger charge is 2.27. The topological polar surface area (TPSA) is 157 Å². The third kappa shape index (κ3) is 8.76. The Bertz CT molecular complexity index is 1490. The number of rotatable bonds is 4. The zero-order chi connectivity index (χ0) is 32.7. The van der Waals surface area contributed by atoms with Gasteiger partial charge >= 0.3 is 6.03 Å². The number of aliphatic hydroxyl groups is 1. The number of carbonyl (C=O) groups excluding carboxylic acids is 1. The Balaban J connectivity index is 1.34. The van der Waals surface area contributed by atoms with Gasteiger partial charge < -0.3 is 31.5 Å². The van der Waals surface area contributed by atoms with Crippen LogP contribution in [-0.4, -0.2) is 46.8 Å². The molecule has 1 unspecified atom stereocenters. The van der Waals surface area contributed by atoms with E-state index in [0.29, 0.717) is 29.1 Å². The van der Waals surface area contributed by atoms with E-state index in [1.54, 1.807) is 18.3 Å². The third-order valence-corrected chi connectivity index (χ3v) is 8.74. The van der Waals surface area contributed by atoms with Gasteiger partial charge in [0.15, 0.2) is 0 Å². The van der Waals surface area contributed by atoms with Crippen molar-refractivity contribution in [3.05, 3.63) is 76.8 Å². The van der Waals surface area contributed by atoms with Crippen LogP contribution in [0.25, 0.3) is 6.08 Å². The van der Waals surface area contributed by atoms with Crippen LogP contribution in [0.3, 0.4) is 0 Å². The van der Waals surface area contributed by atoms with Crippen LogP contribution in [0.5, 0.6) is 0 Å². The van der Waals surface area contributed by atoms with Gasteiger partial charge in [0.1, 0.15) is 24.4 Å². The molecule has 0 radical (unpaired) electrons. The van der Waals surface area contributed by atoms with E-state index in [9.17, 15) is 15.3 Å². The lowest BCUT2D eigenvalue weighted by atomic mass is 9.89. The lowest BCUT2D eigenvalue weighted by Gasteiger charge is -2.33.